The van der Waals surface area contributed by atoms with Crippen molar-refractivity contribution in [1.29, 1.82) is 0 Å². The Morgan fingerprint density at radius 3 is 1.38 bits per heavy atom. The standard InChI is InChI=1S/C18H33P.C14H15N/c1-4-10-16(11-5-1)19(17-12-6-2-7-13-17)18-14-8-3-9-15-18;1-15(2)14-11-7-6-10-13(14)12-8-4-3-5-9-12/h16-18H,1-15H2;3-11H,1-2H3. The highest BCUT2D eigenvalue weighted by molar-refractivity contribution is 7.60. The van der Waals surface area contributed by atoms with Gasteiger partial charge in [0.05, 0.1) is 0 Å². The maximum Gasteiger partial charge on any atom is 0.0440 e. The van der Waals surface area contributed by atoms with Crippen LogP contribution in [0.15, 0.2) is 54.6 Å². The summed E-state index contributed by atoms with van der Waals surface area (Å²) in [5.74, 6) is 0. The number of benzene rings is 2. The van der Waals surface area contributed by atoms with Crippen molar-refractivity contribution in [2.24, 2.45) is 0 Å². The van der Waals surface area contributed by atoms with E-state index in [9.17, 15) is 0 Å². The zero-order valence-electron chi connectivity index (χ0n) is 21.9. The molecule has 2 heteroatoms. The van der Waals surface area contributed by atoms with Gasteiger partial charge in [0, 0.05) is 25.3 Å². The van der Waals surface area contributed by atoms with E-state index in [2.05, 4.69) is 67.5 Å². The lowest BCUT2D eigenvalue weighted by Gasteiger charge is -2.44. The van der Waals surface area contributed by atoms with Gasteiger partial charge in [0.2, 0.25) is 0 Å². The topological polar surface area (TPSA) is 3.24 Å². The first-order chi connectivity index (χ1) is 16.7. The van der Waals surface area contributed by atoms with Crippen molar-refractivity contribution in [1.82, 2.24) is 0 Å². The third-order valence-corrected chi connectivity index (χ3v) is 12.5. The van der Waals surface area contributed by atoms with Crippen molar-refractivity contribution in [3.63, 3.8) is 0 Å². The van der Waals surface area contributed by atoms with Crippen molar-refractivity contribution < 1.29 is 0 Å². The molecule has 0 amide bonds. The second-order valence-electron chi connectivity index (χ2n) is 11.1. The van der Waals surface area contributed by atoms with Crippen LogP contribution in [0.5, 0.6) is 0 Å². The molecular weight excluding hydrogens is 429 g/mol. The van der Waals surface area contributed by atoms with Crippen LogP contribution < -0.4 is 4.90 Å². The van der Waals surface area contributed by atoms with E-state index >= 15 is 0 Å². The molecule has 0 aliphatic heterocycles. The van der Waals surface area contributed by atoms with Gasteiger partial charge in [0.15, 0.2) is 0 Å². The van der Waals surface area contributed by atoms with E-state index in [0.717, 1.165) is 0 Å². The van der Waals surface area contributed by atoms with E-state index in [4.69, 9.17) is 0 Å². The van der Waals surface area contributed by atoms with Crippen molar-refractivity contribution >= 4 is 13.6 Å². The highest BCUT2D eigenvalue weighted by Crippen LogP contribution is 2.61. The minimum Gasteiger partial charge on any atom is -0.377 e. The van der Waals surface area contributed by atoms with Gasteiger partial charge < -0.3 is 4.90 Å². The fourth-order valence-electron chi connectivity index (χ4n) is 6.76. The van der Waals surface area contributed by atoms with E-state index in [-0.39, 0.29) is 0 Å². The van der Waals surface area contributed by atoms with Crippen LogP contribution in [-0.4, -0.2) is 31.1 Å². The van der Waals surface area contributed by atoms with Crippen molar-refractivity contribution in [3.05, 3.63) is 54.6 Å². The average Bonchev–Trinajstić information content (AvgIpc) is 2.92. The van der Waals surface area contributed by atoms with Crippen molar-refractivity contribution in [2.45, 2.75) is 113 Å². The van der Waals surface area contributed by atoms with Crippen LogP contribution in [0.3, 0.4) is 0 Å². The molecule has 0 N–H and O–H groups in total. The van der Waals surface area contributed by atoms with E-state index in [1.165, 1.54) is 53.1 Å². The minimum atomic E-state index is 0.385. The van der Waals surface area contributed by atoms with Gasteiger partial charge in [-0.1, -0.05) is 114 Å². The van der Waals surface area contributed by atoms with Crippen molar-refractivity contribution in [3.8, 4) is 11.1 Å². The fraction of sp³-hybridized carbons (Fsp3) is 0.625. The van der Waals surface area contributed by atoms with E-state index < -0.39 is 0 Å². The number of para-hydroxylation sites is 1. The Balaban J connectivity index is 0.000000166. The molecule has 3 aliphatic carbocycles. The smallest absolute Gasteiger partial charge is 0.0440 e. The Kier molecular flexibility index (Phi) is 10.4. The third-order valence-electron chi connectivity index (χ3n) is 8.46. The molecule has 2 aromatic carbocycles. The molecule has 3 fully saturated rings. The highest BCUT2D eigenvalue weighted by Gasteiger charge is 2.36. The van der Waals surface area contributed by atoms with Crippen LogP contribution in [0.2, 0.25) is 0 Å². The molecule has 0 heterocycles. The zero-order valence-corrected chi connectivity index (χ0v) is 22.8. The van der Waals surface area contributed by atoms with Crippen LogP contribution in [0, 0.1) is 0 Å². The summed E-state index contributed by atoms with van der Waals surface area (Å²) in [6, 6.07) is 18.9. The summed E-state index contributed by atoms with van der Waals surface area (Å²) < 4.78 is 0. The molecule has 186 valence electrons. The van der Waals surface area contributed by atoms with Crippen molar-refractivity contribution in [2.75, 3.05) is 19.0 Å². The first-order valence-corrected chi connectivity index (χ1v) is 15.9. The normalized spacial score (nSPS) is 20.6. The molecule has 3 aliphatic rings. The van der Waals surface area contributed by atoms with Crippen LogP contribution in [0.1, 0.15) is 96.3 Å². The summed E-state index contributed by atoms with van der Waals surface area (Å²) in [5, 5.41) is 0. The molecule has 0 atom stereocenters. The summed E-state index contributed by atoms with van der Waals surface area (Å²) in [6.07, 6.45) is 23.6. The van der Waals surface area contributed by atoms with Crippen LogP contribution in [0.25, 0.3) is 11.1 Å². The quantitative estimate of drug-likeness (QED) is 0.387. The van der Waals surface area contributed by atoms with Crippen LogP contribution in [-0.2, 0) is 0 Å². The van der Waals surface area contributed by atoms with Gasteiger partial charge in [0.1, 0.15) is 0 Å². The van der Waals surface area contributed by atoms with Gasteiger partial charge >= 0.3 is 0 Å². The fourth-order valence-corrected chi connectivity index (χ4v) is 11.4. The molecule has 0 aromatic heterocycles. The number of hydrogen-bond acceptors (Lipinski definition) is 1. The van der Waals surface area contributed by atoms with Gasteiger partial charge in [-0.2, -0.15) is 0 Å². The third kappa shape index (κ3) is 7.10. The van der Waals surface area contributed by atoms with Crippen LogP contribution in [0.4, 0.5) is 5.69 Å². The first kappa shape index (κ1) is 25.8. The summed E-state index contributed by atoms with van der Waals surface area (Å²) >= 11 is 0. The lowest BCUT2D eigenvalue weighted by Crippen LogP contribution is -2.28. The SMILES string of the molecule is C1CCC(P(C2CCCCC2)C2CCCCC2)CC1.CN(C)c1ccccc1-c1ccccc1. The maximum absolute atomic E-state index is 2.16. The number of hydrogen-bond donors (Lipinski definition) is 0. The summed E-state index contributed by atoms with van der Waals surface area (Å²) in [5.41, 5.74) is 7.37. The van der Waals surface area contributed by atoms with Gasteiger partial charge in [-0.3, -0.25) is 0 Å². The second-order valence-corrected chi connectivity index (χ2v) is 14.2. The molecule has 34 heavy (non-hydrogen) atoms. The molecule has 2 aromatic rings. The molecule has 0 bridgehead atoms. The largest absolute Gasteiger partial charge is 0.377 e. The van der Waals surface area contributed by atoms with E-state index in [0.29, 0.717) is 7.92 Å². The lowest BCUT2D eigenvalue weighted by molar-refractivity contribution is 0.460. The Morgan fingerprint density at radius 2 is 0.941 bits per heavy atom. The monoisotopic (exact) mass is 477 g/mol. The molecule has 0 unspecified atom stereocenters. The highest BCUT2D eigenvalue weighted by atomic mass is 31.1. The Labute approximate surface area is 211 Å². The molecule has 3 saturated carbocycles. The van der Waals surface area contributed by atoms with Gasteiger partial charge in [-0.05, 0) is 67.1 Å². The predicted molar refractivity (Wildman–Crippen MR) is 154 cm³/mol. The van der Waals surface area contributed by atoms with Gasteiger partial charge in [-0.25, -0.2) is 0 Å². The molecular formula is C32H48NP. The summed E-state index contributed by atoms with van der Waals surface area (Å²) in [6.45, 7) is 0. The number of rotatable bonds is 5. The average molecular weight is 478 g/mol. The minimum absolute atomic E-state index is 0.385. The predicted octanol–water partition coefficient (Wildman–Crippen LogP) is 9.89. The number of nitrogens with zero attached hydrogens (tertiary/aromatic N) is 1. The van der Waals surface area contributed by atoms with Gasteiger partial charge in [0.25, 0.3) is 0 Å². The first-order valence-electron chi connectivity index (χ1n) is 14.3. The molecule has 5 rings (SSSR count). The lowest BCUT2D eigenvalue weighted by atomic mass is 9.99. The number of anilines is 1. The van der Waals surface area contributed by atoms with Gasteiger partial charge in [-0.15, -0.1) is 0 Å². The van der Waals surface area contributed by atoms with E-state index in [1.54, 1.807) is 77.0 Å². The molecule has 1 nitrogen and oxygen atoms in total. The molecule has 0 saturated heterocycles. The molecule has 0 spiro atoms. The Morgan fingerprint density at radius 1 is 0.529 bits per heavy atom. The zero-order chi connectivity index (χ0) is 23.6. The Bertz CT molecular complexity index is 771. The van der Waals surface area contributed by atoms with Crippen LogP contribution >= 0.6 is 7.92 Å². The van der Waals surface area contributed by atoms with E-state index in [1.807, 2.05) is 6.07 Å². The summed E-state index contributed by atoms with van der Waals surface area (Å²) in [4.78, 5) is 2.14. The maximum atomic E-state index is 2.16. The summed E-state index contributed by atoms with van der Waals surface area (Å²) in [7, 11) is 4.53. The Hall–Kier alpha value is -1.33. The second kappa shape index (κ2) is 13.7. The molecule has 0 radical (unpaired) electrons.